The van der Waals surface area contributed by atoms with Crippen molar-refractivity contribution in [1.29, 1.82) is 0 Å². The Kier molecular flexibility index (Phi) is 8.26. The smallest absolute Gasteiger partial charge is 0.170 e. The Bertz CT molecular complexity index is 1240. The van der Waals surface area contributed by atoms with Crippen LogP contribution in [0.2, 0.25) is 0 Å². The minimum absolute atomic E-state index is 0.282. The summed E-state index contributed by atoms with van der Waals surface area (Å²) in [6, 6.07) is 12.9. The molecule has 208 valence electrons. The lowest BCUT2D eigenvalue weighted by molar-refractivity contribution is 0.0939. The molecule has 3 aliphatic rings. The Morgan fingerprint density at radius 2 is 1.62 bits per heavy atom. The van der Waals surface area contributed by atoms with Crippen LogP contribution in [0.15, 0.2) is 47.0 Å². The van der Waals surface area contributed by atoms with Gasteiger partial charge in [-0.1, -0.05) is 18.0 Å². The van der Waals surface area contributed by atoms with E-state index in [0.29, 0.717) is 29.6 Å². The number of fused-ring (bicyclic) bond motifs is 1. The number of anilines is 1. The van der Waals surface area contributed by atoms with Crippen LogP contribution in [0.1, 0.15) is 73.3 Å². The first-order valence-corrected chi connectivity index (χ1v) is 14.9. The van der Waals surface area contributed by atoms with Gasteiger partial charge in [0, 0.05) is 48.1 Å². The van der Waals surface area contributed by atoms with Crippen molar-refractivity contribution in [2.24, 2.45) is 11.8 Å². The lowest BCUT2D eigenvalue weighted by Gasteiger charge is -2.34. The van der Waals surface area contributed by atoms with E-state index in [1.54, 1.807) is 6.07 Å². The van der Waals surface area contributed by atoms with Gasteiger partial charge in [-0.25, -0.2) is 4.39 Å². The average Bonchev–Trinajstić information content (AvgIpc) is 3.40. The van der Waals surface area contributed by atoms with Crippen molar-refractivity contribution < 1.29 is 18.4 Å². The summed E-state index contributed by atoms with van der Waals surface area (Å²) in [5.74, 6) is 1.69. The van der Waals surface area contributed by atoms with E-state index in [1.165, 1.54) is 49.9 Å². The van der Waals surface area contributed by atoms with E-state index >= 15 is 0 Å². The highest BCUT2D eigenvalue weighted by Crippen LogP contribution is 2.35. The highest BCUT2D eigenvalue weighted by molar-refractivity contribution is 5.96. The molecule has 3 aromatic rings. The van der Waals surface area contributed by atoms with Gasteiger partial charge in [0.25, 0.3) is 0 Å². The number of carbonyl (C=O) groups excluding carboxylic acids is 1. The number of nitrogens with zero attached hydrogens (tertiary/aromatic N) is 3. The van der Waals surface area contributed by atoms with Gasteiger partial charge < -0.3 is 19.1 Å². The van der Waals surface area contributed by atoms with Crippen LogP contribution in [0.5, 0.6) is 0 Å². The third-order valence-electron chi connectivity index (χ3n) is 9.30. The number of piperidine rings is 1. The lowest BCUT2D eigenvalue weighted by Crippen LogP contribution is -2.36. The normalized spacial score (nSPS) is 23.4. The zero-order chi connectivity index (χ0) is 26.6. The molecule has 7 heteroatoms. The van der Waals surface area contributed by atoms with E-state index in [9.17, 15) is 9.18 Å². The Labute approximate surface area is 230 Å². The SMILES string of the molecule is O=C(CC1CCC(CCN2CCC(c3noc4cc(F)ccc34)CC2)CC1)c1ccc(N2CCOCC2)cc1. The number of hydrogen-bond donors (Lipinski definition) is 0. The number of morpholine rings is 1. The fourth-order valence-corrected chi connectivity index (χ4v) is 6.80. The summed E-state index contributed by atoms with van der Waals surface area (Å²) < 4.78 is 24.3. The summed E-state index contributed by atoms with van der Waals surface area (Å²) in [6.07, 6.45) is 8.90. The van der Waals surface area contributed by atoms with Crippen LogP contribution in [-0.2, 0) is 4.74 Å². The zero-order valence-corrected chi connectivity index (χ0v) is 22.8. The monoisotopic (exact) mass is 533 g/mol. The predicted octanol–water partition coefficient (Wildman–Crippen LogP) is 6.45. The van der Waals surface area contributed by atoms with Crippen LogP contribution in [0, 0.1) is 17.7 Å². The summed E-state index contributed by atoms with van der Waals surface area (Å²) in [5.41, 5.74) is 3.57. The Balaban J connectivity index is 0.903. The molecule has 39 heavy (non-hydrogen) atoms. The summed E-state index contributed by atoms with van der Waals surface area (Å²) >= 11 is 0. The van der Waals surface area contributed by atoms with Gasteiger partial charge >= 0.3 is 0 Å². The van der Waals surface area contributed by atoms with E-state index in [4.69, 9.17) is 9.26 Å². The Morgan fingerprint density at radius 1 is 0.897 bits per heavy atom. The first kappa shape index (κ1) is 26.5. The second-order valence-corrected chi connectivity index (χ2v) is 11.8. The molecule has 0 bridgehead atoms. The molecule has 0 radical (unpaired) electrons. The van der Waals surface area contributed by atoms with E-state index in [1.807, 2.05) is 12.1 Å². The van der Waals surface area contributed by atoms with E-state index in [2.05, 4.69) is 27.1 Å². The summed E-state index contributed by atoms with van der Waals surface area (Å²) in [7, 11) is 0. The zero-order valence-electron chi connectivity index (χ0n) is 22.8. The van der Waals surface area contributed by atoms with E-state index in [-0.39, 0.29) is 5.82 Å². The summed E-state index contributed by atoms with van der Waals surface area (Å²) in [6.45, 7) is 6.68. The maximum Gasteiger partial charge on any atom is 0.170 e. The van der Waals surface area contributed by atoms with Gasteiger partial charge in [-0.2, -0.15) is 0 Å². The number of halogens is 1. The number of ketones is 1. The summed E-state index contributed by atoms with van der Waals surface area (Å²) in [5, 5.41) is 5.24. The molecule has 3 heterocycles. The van der Waals surface area contributed by atoms with Crippen LogP contribution >= 0.6 is 0 Å². The van der Waals surface area contributed by atoms with Gasteiger partial charge in [0.05, 0.1) is 18.9 Å². The molecule has 0 spiro atoms. The third kappa shape index (κ3) is 6.36. The number of Topliss-reactive ketones (excluding diaryl/α,β-unsaturated/α-hetero) is 1. The largest absolute Gasteiger partial charge is 0.378 e. The molecule has 2 saturated heterocycles. The molecule has 1 saturated carbocycles. The summed E-state index contributed by atoms with van der Waals surface area (Å²) in [4.78, 5) is 17.9. The van der Waals surface area contributed by atoms with Gasteiger partial charge in [0.1, 0.15) is 5.82 Å². The van der Waals surface area contributed by atoms with E-state index < -0.39 is 0 Å². The number of likely N-dealkylation sites (tertiary alicyclic amines) is 1. The highest BCUT2D eigenvalue weighted by atomic mass is 19.1. The predicted molar refractivity (Wildman–Crippen MR) is 151 cm³/mol. The van der Waals surface area contributed by atoms with Gasteiger partial charge in [-0.3, -0.25) is 4.79 Å². The second-order valence-electron chi connectivity index (χ2n) is 11.8. The minimum Gasteiger partial charge on any atom is -0.378 e. The Morgan fingerprint density at radius 3 is 2.36 bits per heavy atom. The number of aromatic nitrogens is 1. The van der Waals surface area contributed by atoms with Gasteiger partial charge in [0.15, 0.2) is 11.4 Å². The topological polar surface area (TPSA) is 58.8 Å². The van der Waals surface area contributed by atoms with Crippen molar-refractivity contribution in [1.82, 2.24) is 10.1 Å². The molecule has 2 aliphatic heterocycles. The fourth-order valence-electron chi connectivity index (χ4n) is 6.80. The van der Waals surface area contributed by atoms with Crippen molar-refractivity contribution >= 4 is 22.4 Å². The standard InChI is InChI=1S/C32H40FN3O3/c33-27-7-10-29-31(22-27)39-34-32(29)26-12-15-35(16-13-26)14-11-23-1-3-24(4-2-23)21-30(37)25-5-8-28(9-6-25)36-17-19-38-20-18-36/h5-10,22-24,26H,1-4,11-21H2. The van der Waals surface area contributed by atoms with Crippen LogP contribution in [-0.4, -0.2) is 61.8 Å². The number of ether oxygens (including phenoxy) is 1. The van der Waals surface area contributed by atoms with Gasteiger partial charge in [0.2, 0.25) is 0 Å². The maximum absolute atomic E-state index is 13.5. The quantitative estimate of drug-likeness (QED) is 0.310. The number of rotatable bonds is 8. The third-order valence-corrected chi connectivity index (χ3v) is 9.30. The van der Waals surface area contributed by atoms with Crippen molar-refractivity contribution in [2.75, 3.05) is 50.8 Å². The molecular weight excluding hydrogens is 493 g/mol. The number of benzene rings is 2. The molecular formula is C32H40FN3O3. The van der Waals surface area contributed by atoms with Crippen molar-refractivity contribution in [2.45, 2.75) is 57.3 Å². The molecule has 1 aliphatic carbocycles. The number of hydrogen-bond acceptors (Lipinski definition) is 6. The van der Waals surface area contributed by atoms with E-state index in [0.717, 1.165) is 81.3 Å². The van der Waals surface area contributed by atoms with Crippen LogP contribution in [0.25, 0.3) is 11.0 Å². The Hall–Kier alpha value is -2.77. The first-order chi connectivity index (χ1) is 19.1. The molecule has 3 fully saturated rings. The highest BCUT2D eigenvalue weighted by Gasteiger charge is 2.27. The molecule has 0 amide bonds. The van der Waals surface area contributed by atoms with Gasteiger partial charge in [-0.05, 0) is 100.0 Å². The molecule has 0 unspecified atom stereocenters. The van der Waals surface area contributed by atoms with Crippen molar-refractivity contribution in [3.05, 3.63) is 59.5 Å². The second kappa shape index (κ2) is 12.2. The minimum atomic E-state index is -0.282. The lowest BCUT2D eigenvalue weighted by atomic mass is 9.78. The van der Waals surface area contributed by atoms with Gasteiger partial charge in [-0.15, -0.1) is 0 Å². The van der Waals surface area contributed by atoms with Crippen LogP contribution < -0.4 is 4.90 Å². The van der Waals surface area contributed by atoms with Crippen LogP contribution in [0.3, 0.4) is 0 Å². The molecule has 0 N–H and O–H groups in total. The van der Waals surface area contributed by atoms with Crippen LogP contribution in [0.4, 0.5) is 10.1 Å². The fraction of sp³-hybridized carbons (Fsp3) is 0.562. The average molecular weight is 534 g/mol. The molecule has 0 atom stereocenters. The van der Waals surface area contributed by atoms with Crippen molar-refractivity contribution in [3.63, 3.8) is 0 Å². The molecule has 2 aromatic carbocycles. The number of carbonyl (C=O) groups is 1. The first-order valence-electron chi connectivity index (χ1n) is 14.9. The molecule has 1 aromatic heterocycles. The molecule has 6 rings (SSSR count). The molecule has 6 nitrogen and oxygen atoms in total. The maximum atomic E-state index is 13.5. The van der Waals surface area contributed by atoms with Crippen molar-refractivity contribution in [3.8, 4) is 0 Å².